The zero-order valence-electron chi connectivity index (χ0n) is 31.3. The minimum absolute atomic E-state index is 0.721. The Kier molecular flexibility index (Phi) is 7.68. The van der Waals surface area contributed by atoms with Crippen molar-refractivity contribution in [3.8, 4) is 56.4 Å². The Hall–Kier alpha value is -7.56. The summed E-state index contributed by atoms with van der Waals surface area (Å²) in [5, 5.41) is 5.00. The van der Waals surface area contributed by atoms with Crippen LogP contribution >= 0.6 is 0 Å². The highest BCUT2D eigenvalue weighted by atomic mass is 15.0. The number of fused-ring (bicyclic) bond motifs is 6. The minimum Gasteiger partial charge on any atom is -0.309 e. The smallest absolute Gasteiger partial charge is 0.160 e. The van der Waals surface area contributed by atoms with Gasteiger partial charge >= 0.3 is 0 Å². The molecule has 0 saturated heterocycles. The fourth-order valence-electron chi connectivity index (χ4n) is 8.40. The summed E-state index contributed by atoms with van der Waals surface area (Å²) < 4.78 is 4.78. The first-order chi connectivity index (χ1) is 28.2. The molecule has 3 heterocycles. The topological polar surface area (TPSA) is 35.6 Å². The van der Waals surface area contributed by atoms with Crippen LogP contribution in [0.3, 0.4) is 0 Å². The molecule has 3 aromatic heterocycles. The second kappa shape index (κ2) is 13.3. The van der Waals surface area contributed by atoms with Crippen LogP contribution in [0.15, 0.2) is 200 Å². The second-order valence-electron chi connectivity index (χ2n) is 14.7. The van der Waals surface area contributed by atoms with Crippen LogP contribution in [0.4, 0.5) is 0 Å². The average molecular weight is 729 g/mol. The number of para-hydroxylation sites is 3. The van der Waals surface area contributed by atoms with Gasteiger partial charge < -0.3 is 9.13 Å². The van der Waals surface area contributed by atoms with E-state index in [4.69, 9.17) is 9.97 Å². The summed E-state index contributed by atoms with van der Waals surface area (Å²) in [6.45, 7) is 2.10. The van der Waals surface area contributed by atoms with Gasteiger partial charge in [0.25, 0.3) is 0 Å². The number of aryl methyl sites for hydroxylation is 1. The Labute approximate surface area is 330 Å². The summed E-state index contributed by atoms with van der Waals surface area (Å²) in [5.41, 5.74) is 15.5. The predicted molar refractivity (Wildman–Crippen MR) is 237 cm³/mol. The third kappa shape index (κ3) is 5.61. The van der Waals surface area contributed by atoms with Gasteiger partial charge in [-0.25, -0.2) is 9.97 Å². The van der Waals surface area contributed by atoms with Crippen molar-refractivity contribution in [3.05, 3.63) is 206 Å². The third-order valence-electron chi connectivity index (χ3n) is 11.2. The monoisotopic (exact) mass is 728 g/mol. The molecule has 11 rings (SSSR count). The van der Waals surface area contributed by atoms with Gasteiger partial charge in [-0.1, -0.05) is 151 Å². The van der Waals surface area contributed by atoms with Crippen LogP contribution in [0.5, 0.6) is 0 Å². The number of nitrogens with zero attached hydrogens (tertiary/aromatic N) is 4. The third-order valence-corrected chi connectivity index (χ3v) is 11.2. The molecular weight excluding hydrogens is 693 g/mol. The summed E-state index contributed by atoms with van der Waals surface area (Å²) in [5.74, 6) is 0.721. The van der Waals surface area contributed by atoms with Crippen molar-refractivity contribution in [1.29, 1.82) is 0 Å². The van der Waals surface area contributed by atoms with Crippen molar-refractivity contribution < 1.29 is 0 Å². The van der Waals surface area contributed by atoms with E-state index in [1.165, 1.54) is 49.2 Å². The normalized spacial score (nSPS) is 11.6. The standard InChI is InChI=1S/C53H36N4/c1-35-19-21-40(22-20-35)53-54-47(38-11-3-2-4-12-38)34-48(55-53)39-25-23-36(24-26-39)37-27-29-41(30-28-37)56-51-18-10-7-15-45(51)46-33-42(31-32-52(46)56)57-49-16-8-5-13-43(49)44-14-6-9-17-50(44)57/h2-34H,1H3. The SMILES string of the molecule is Cc1ccc(-c2nc(-c3ccccc3)cc(-c3ccc(-c4ccc(-n5c6ccccc6c6cc(-n7c8ccccc8c8ccccc87)ccc65)cc4)cc3)n2)cc1. The van der Waals surface area contributed by atoms with Crippen molar-refractivity contribution in [2.75, 3.05) is 0 Å². The molecule has 57 heavy (non-hydrogen) atoms. The number of hydrogen-bond acceptors (Lipinski definition) is 2. The summed E-state index contributed by atoms with van der Waals surface area (Å²) in [6, 6.07) is 71.5. The van der Waals surface area contributed by atoms with Crippen LogP contribution in [0.25, 0.3) is 100 Å². The first-order valence-corrected chi connectivity index (χ1v) is 19.4. The Morgan fingerprint density at radius 1 is 0.316 bits per heavy atom. The Balaban J connectivity index is 0.950. The van der Waals surface area contributed by atoms with Crippen molar-refractivity contribution >= 4 is 43.6 Å². The van der Waals surface area contributed by atoms with E-state index < -0.39 is 0 Å². The average Bonchev–Trinajstić information content (AvgIpc) is 3.79. The molecule has 0 spiro atoms. The number of benzene rings is 8. The van der Waals surface area contributed by atoms with E-state index in [1.807, 2.05) is 18.2 Å². The van der Waals surface area contributed by atoms with Crippen molar-refractivity contribution in [2.24, 2.45) is 0 Å². The summed E-state index contributed by atoms with van der Waals surface area (Å²) in [7, 11) is 0. The summed E-state index contributed by atoms with van der Waals surface area (Å²) in [6.07, 6.45) is 0. The summed E-state index contributed by atoms with van der Waals surface area (Å²) in [4.78, 5) is 10.0. The Morgan fingerprint density at radius 3 is 1.33 bits per heavy atom. The maximum atomic E-state index is 5.05. The van der Waals surface area contributed by atoms with Crippen LogP contribution in [-0.4, -0.2) is 19.1 Å². The number of rotatable bonds is 6. The molecule has 0 bridgehead atoms. The molecule has 0 N–H and O–H groups in total. The number of aromatic nitrogens is 4. The predicted octanol–water partition coefficient (Wildman–Crippen LogP) is 13.6. The zero-order chi connectivity index (χ0) is 37.9. The molecule has 0 radical (unpaired) electrons. The van der Waals surface area contributed by atoms with E-state index in [0.717, 1.165) is 56.4 Å². The lowest BCUT2D eigenvalue weighted by atomic mass is 10.0. The van der Waals surface area contributed by atoms with Gasteiger partial charge in [-0.05, 0) is 72.6 Å². The van der Waals surface area contributed by atoms with Crippen molar-refractivity contribution in [2.45, 2.75) is 6.92 Å². The van der Waals surface area contributed by atoms with Crippen LogP contribution in [0, 0.1) is 6.92 Å². The molecule has 0 unspecified atom stereocenters. The second-order valence-corrected chi connectivity index (χ2v) is 14.7. The minimum atomic E-state index is 0.721. The van der Waals surface area contributed by atoms with Crippen LogP contribution in [0.1, 0.15) is 5.56 Å². The molecule has 4 nitrogen and oxygen atoms in total. The molecule has 0 fully saturated rings. The number of hydrogen-bond donors (Lipinski definition) is 0. The highest BCUT2D eigenvalue weighted by Gasteiger charge is 2.17. The summed E-state index contributed by atoms with van der Waals surface area (Å²) >= 11 is 0. The van der Waals surface area contributed by atoms with Crippen LogP contribution in [-0.2, 0) is 0 Å². The van der Waals surface area contributed by atoms with Gasteiger partial charge in [-0.2, -0.15) is 0 Å². The highest BCUT2D eigenvalue weighted by molar-refractivity contribution is 6.12. The first kappa shape index (κ1) is 32.8. The Bertz CT molecular complexity index is 3210. The lowest BCUT2D eigenvalue weighted by molar-refractivity contribution is 1.17. The van der Waals surface area contributed by atoms with E-state index in [-0.39, 0.29) is 0 Å². The molecule has 0 amide bonds. The van der Waals surface area contributed by atoms with Gasteiger partial charge in [-0.3, -0.25) is 0 Å². The molecule has 0 saturated carbocycles. The van der Waals surface area contributed by atoms with E-state index in [0.29, 0.717) is 0 Å². The lowest BCUT2D eigenvalue weighted by Gasteiger charge is -2.12. The quantitative estimate of drug-likeness (QED) is 0.171. The molecule has 0 atom stereocenters. The van der Waals surface area contributed by atoms with Gasteiger partial charge in [-0.15, -0.1) is 0 Å². The van der Waals surface area contributed by atoms with E-state index in [2.05, 4.69) is 198 Å². The van der Waals surface area contributed by atoms with Crippen LogP contribution < -0.4 is 0 Å². The van der Waals surface area contributed by atoms with E-state index in [9.17, 15) is 0 Å². The molecule has 8 aromatic carbocycles. The lowest BCUT2D eigenvalue weighted by Crippen LogP contribution is -1.96. The largest absolute Gasteiger partial charge is 0.309 e. The zero-order valence-corrected chi connectivity index (χ0v) is 31.3. The molecule has 11 aromatic rings. The van der Waals surface area contributed by atoms with Crippen molar-refractivity contribution in [3.63, 3.8) is 0 Å². The fourth-order valence-corrected chi connectivity index (χ4v) is 8.40. The van der Waals surface area contributed by atoms with Gasteiger partial charge in [0.2, 0.25) is 0 Å². The maximum absolute atomic E-state index is 5.05. The molecular formula is C53H36N4. The van der Waals surface area contributed by atoms with E-state index >= 15 is 0 Å². The van der Waals surface area contributed by atoms with Gasteiger partial charge in [0, 0.05) is 49.6 Å². The van der Waals surface area contributed by atoms with E-state index in [1.54, 1.807) is 0 Å². The molecule has 268 valence electrons. The van der Waals surface area contributed by atoms with Gasteiger partial charge in [0.05, 0.1) is 33.5 Å². The van der Waals surface area contributed by atoms with Gasteiger partial charge in [0.15, 0.2) is 5.82 Å². The Morgan fingerprint density at radius 2 is 0.737 bits per heavy atom. The van der Waals surface area contributed by atoms with Crippen LogP contribution in [0.2, 0.25) is 0 Å². The maximum Gasteiger partial charge on any atom is 0.160 e. The first-order valence-electron chi connectivity index (χ1n) is 19.4. The highest BCUT2D eigenvalue weighted by Crippen LogP contribution is 2.37. The molecule has 0 aliphatic carbocycles. The molecule has 0 aliphatic rings. The van der Waals surface area contributed by atoms with Crippen molar-refractivity contribution in [1.82, 2.24) is 19.1 Å². The molecule has 4 heteroatoms. The fraction of sp³-hybridized carbons (Fsp3) is 0.0189. The van der Waals surface area contributed by atoms with Gasteiger partial charge in [0.1, 0.15) is 0 Å². The molecule has 0 aliphatic heterocycles.